The van der Waals surface area contributed by atoms with Gasteiger partial charge in [0.1, 0.15) is 5.60 Å². The fraction of sp³-hybridized carbons (Fsp3) is 0.731. The molecule has 0 amide bonds. The number of unbranched alkanes of at least 4 members (excludes halogenated alkanes) is 10. The van der Waals surface area contributed by atoms with Crippen molar-refractivity contribution in [2.45, 2.75) is 109 Å². The molecule has 0 aliphatic carbocycles. The maximum Gasteiger partial charge on any atom is 0.335 e. The summed E-state index contributed by atoms with van der Waals surface area (Å²) in [6.07, 6.45) is 14.8. The van der Waals surface area contributed by atoms with E-state index in [1.165, 1.54) is 57.8 Å². The molecule has 2 N–H and O–H groups in total. The molecule has 1 heterocycles. The Labute approximate surface area is 183 Å². The molecule has 0 spiro atoms. The normalized spacial score (nSPS) is 16.9. The summed E-state index contributed by atoms with van der Waals surface area (Å²) in [7, 11) is 0. The van der Waals surface area contributed by atoms with Gasteiger partial charge in [0.2, 0.25) is 0 Å². The molecule has 1 aliphatic rings. The fourth-order valence-corrected chi connectivity index (χ4v) is 4.40. The Hall–Kier alpha value is -1.39. The van der Waals surface area contributed by atoms with Crippen LogP contribution in [-0.2, 0) is 15.1 Å². The Morgan fingerprint density at radius 3 is 2.03 bits per heavy atom. The highest BCUT2D eigenvalue weighted by molar-refractivity contribution is 5.75. The van der Waals surface area contributed by atoms with Crippen LogP contribution < -0.4 is 5.32 Å². The zero-order valence-electron chi connectivity index (χ0n) is 19.0. The number of esters is 1. The van der Waals surface area contributed by atoms with Gasteiger partial charge in [0.05, 0.1) is 0 Å². The number of carbonyl (C=O) groups is 1. The minimum absolute atomic E-state index is 0.465. The molecule has 2 rings (SSSR count). The molecule has 0 aromatic heterocycles. The molecule has 1 unspecified atom stereocenters. The molecular weight excluding hydrogens is 374 g/mol. The van der Waals surface area contributed by atoms with Crippen molar-refractivity contribution in [1.82, 2.24) is 5.32 Å². The lowest BCUT2D eigenvalue weighted by Gasteiger charge is -2.38. The fourth-order valence-electron chi connectivity index (χ4n) is 4.40. The molecule has 170 valence electrons. The van der Waals surface area contributed by atoms with Crippen LogP contribution in [-0.4, -0.2) is 30.3 Å². The van der Waals surface area contributed by atoms with Crippen molar-refractivity contribution in [3.63, 3.8) is 0 Å². The Morgan fingerprint density at radius 1 is 0.933 bits per heavy atom. The van der Waals surface area contributed by atoms with Crippen LogP contribution in [0.15, 0.2) is 30.3 Å². The largest absolute Gasteiger partial charge is 0.452 e. The quantitative estimate of drug-likeness (QED) is 0.277. The highest BCUT2D eigenvalue weighted by Crippen LogP contribution is 2.35. The first-order valence-electron chi connectivity index (χ1n) is 12.3. The highest BCUT2D eigenvalue weighted by atomic mass is 16.6. The van der Waals surface area contributed by atoms with Crippen molar-refractivity contribution in [1.29, 1.82) is 0 Å². The van der Waals surface area contributed by atoms with Gasteiger partial charge >= 0.3 is 5.97 Å². The van der Waals surface area contributed by atoms with Gasteiger partial charge in [0.15, 0.2) is 6.10 Å². The Bertz CT molecular complexity index is 569. The number of carbonyl (C=O) groups excluding carboxylic acids is 1. The summed E-state index contributed by atoms with van der Waals surface area (Å²) >= 11 is 0. The van der Waals surface area contributed by atoms with Crippen LogP contribution in [0.4, 0.5) is 0 Å². The number of aliphatic hydroxyl groups is 1. The third-order valence-corrected chi connectivity index (χ3v) is 6.36. The summed E-state index contributed by atoms with van der Waals surface area (Å²) in [5.74, 6) is -0.465. The van der Waals surface area contributed by atoms with Crippen molar-refractivity contribution >= 4 is 5.97 Å². The second-order valence-corrected chi connectivity index (χ2v) is 8.87. The second-order valence-electron chi connectivity index (χ2n) is 8.87. The van der Waals surface area contributed by atoms with E-state index >= 15 is 0 Å². The van der Waals surface area contributed by atoms with Gasteiger partial charge < -0.3 is 15.2 Å². The molecule has 4 heteroatoms. The van der Waals surface area contributed by atoms with Crippen molar-refractivity contribution in [3.8, 4) is 0 Å². The number of hydrogen-bond donors (Lipinski definition) is 2. The molecule has 1 aromatic carbocycles. The first kappa shape index (κ1) is 24.9. The van der Waals surface area contributed by atoms with Crippen LogP contribution in [0.3, 0.4) is 0 Å². The minimum atomic E-state index is -1.01. The molecule has 30 heavy (non-hydrogen) atoms. The smallest absolute Gasteiger partial charge is 0.335 e. The van der Waals surface area contributed by atoms with Crippen LogP contribution in [0, 0.1) is 0 Å². The molecule has 1 fully saturated rings. The van der Waals surface area contributed by atoms with E-state index < -0.39 is 17.7 Å². The lowest BCUT2D eigenvalue weighted by molar-refractivity contribution is -0.174. The summed E-state index contributed by atoms with van der Waals surface area (Å²) < 4.78 is 5.95. The SMILES string of the molecule is CCCCCCCCCCCCCC(O)C(=O)OC1(c2ccccc2)CCNCC1. The number of aliphatic hydroxyl groups excluding tert-OH is 1. The van der Waals surface area contributed by atoms with Gasteiger partial charge in [-0.1, -0.05) is 108 Å². The van der Waals surface area contributed by atoms with Crippen molar-refractivity contribution in [2.24, 2.45) is 0 Å². The highest BCUT2D eigenvalue weighted by Gasteiger charge is 2.39. The summed E-state index contributed by atoms with van der Waals surface area (Å²) in [5, 5.41) is 13.7. The zero-order chi connectivity index (χ0) is 21.5. The zero-order valence-corrected chi connectivity index (χ0v) is 19.0. The molecule has 4 nitrogen and oxygen atoms in total. The van der Waals surface area contributed by atoms with E-state index in [-0.39, 0.29) is 0 Å². The molecule has 1 atom stereocenters. The molecular formula is C26H43NO3. The van der Waals surface area contributed by atoms with E-state index in [1.54, 1.807) is 0 Å². The van der Waals surface area contributed by atoms with Crippen molar-refractivity contribution in [2.75, 3.05) is 13.1 Å². The monoisotopic (exact) mass is 417 g/mol. The van der Waals surface area contributed by atoms with Crippen LogP contribution in [0.1, 0.15) is 102 Å². The average Bonchev–Trinajstić information content (AvgIpc) is 2.78. The van der Waals surface area contributed by atoms with Gasteiger partial charge in [-0.15, -0.1) is 0 Å². The average molecular weight is 418 g/mol. The first-order valence-corrected chi connectivity index (χ1v) is 12.3. The molecule has 0 bridgehead atoms. The van der Waals surface area contributed by atoms with E-state index in [1.807, 2.05) is 30.3 Å². The van der Waals surface area contributed by atoms with Crippen LogP contribution in [0.5, 0.6) is 0 Å². The van der Waals surface area contributed by atoms with Gasteiger partial charge in [-0.3, -0.25) is 0 Å². The van der Waals surface area contributed by atoms with Crippen LogP contribution >= 0.6 is 0 Å². The number of benzene rings is 1. The third-order valence-electron chi connectivity index (χ3n) is 6.36. The summed E-state index contributed by atoms with van der Waals surface area (Å²) in [4.78, 5) is 12.6. The topological polar surface area (TPSA) is 58.6 Å². The van der Waals surface area contributed by atoms with Crippen molar-refractivity contribution in [3.05, 3.63) is 35.9 Å². The van der Waals surface area contributed by atoms with Gasteiger partial charge in [0.25, 0.3) is 0 Å². The number of hydrogen-bond acceptors (Lipinski definition) is 4. The number of piperidine rings is 1. The Balaban J connectivity index is 1.63. The molecule has 1 aromatic rings. The second kappa shape index (κ2) is 14.6. The van der Waals surface area contributed by atoms with E-state index in [4.69, 9.17) is 4.74 Å². The van der Waals surface area contributed by atoms with Crippen molar-refractivity contribution < 1.29 is 14.6 Å². The lowest BCUT2D eigenvalue weighted by atomic mass is 9.84. The van der Waals surface area contributed by atoms with Gasteiger partial charge in [-0.2, -0.15) is 0 Å². The van der Waals surface area contributed by atoms with E-state index in [0.717, 1.165) is 44.3 Å². The predicted octanol–water partition coefficient (Wildman–Crippen LogP) is 5.87. The van der Waals surface area contributed by atoms with E-state index in [2.05, 4.69) is 12.2 Å². The van der Waals surface area contributed by atoms with Crippen LogP contribution in [0.2, 0.25) is 0 Å². The molecule has 1 aliphatic heterocycles. The maximum absolute atomic E-state index is 12.6. The van der Waals surface area contributed by atoms with Crippen LogP contribution in [0.25, 0.3) is 0 Å². The molecule has 1 saturated heterocycles. The van der Waals surface area contributed by atoms with E-state index in [9.17, 15) is 9.90 Å². The summed E-state index contributed by atoms with van der Waals surface area (Å²) in [6, 6.07) is 9.98. The van der Waals surface area contributed by atoms with Gasteiger partial charge in [-0.25, -0.2) is 4.79 Å². The Kier molecular flexibility index (Phi) is 12.1. The third kappa shape index (κ3) is 8.77. The number of rotatable bonds is 15. The summed E-state index contributed by atoms with van der Waals surface area (Å²) in [5.41, 5.74) is 0.420. The lowest BCUT2D eigenvalue weighted by Crippen LogP contribution is -2.44. The molecule has 0 saturated carbocycles. The molecule has 0 radical (unpaired) electrons. The number of ether oxygens (including phenoxy) is 1. The number of nitrogens with one attached hydrogen (secondary N) is 1. The minimum Gasteiger partial charge on any atom is -0.452 e. The van der Waals surface area contributed by atoms with E-state index in [0.29, 0.717) is 6.42 Å². The Morgan fingerprint density at radius 2 is 1.47 bits per heavy atom. The maximum atomic E-state index is 12.6. The predicted molar refractivity (Wildman–Crippen MR) is 123 cm³/mol. The summed E-state index contributed by atoms with van der Waals surface area (Å²) in [6.45, 7) is 3.89. The standard InChI is InChI=1S/C26H43NO3/c1-2-3-4-5-6-7-8-9-10-11-15-18-24(28)25(29)30-26(19-21-27-22-20-26)23-16-13-12-14-17-23/h12-14,16-17,24,27-28H,2-11,15,18-22H2,1H3. The van der Waals surface area contributed by atoms with Gasteiger partial charge in [-0.05, 0) is 25.1 Å². The first-order chi connectivity index (χ1) is 14.7. The van der Waals surface area contributed by atoms with Gasteiger partial charge in [0, 0.05) is 12.8 Å².